The minimum Gasteiger partial charge on any atom is -0.369 e. The number of nitrogen functional groups attached to an aromatic ring is 1. The summed E-state index contributed by atoms with van der Waals surface area (Å²) in [5, 5.41) is 5.99. The van der Waals surface area contributed by atoms with E-state index < -0.39 is 0 Å². The highest BCUT2D eigenvalue weighted by atomic mass is 16.1. The second kappa shape index (κ2) is 4.99. The predicted octanol–water partition coefficient (Wildman–Crippen LogP) is 0.448. The third-order valence-corrected chi connectivity index (χ3v) is 2.47. The minimum absolute atomic E-state index is 0.0822. The molecule has 1 aliphatic rings. The molecular formula is C11H17N5O. The molecule has 1 aliphatic carbocycles. The van der Waals surface area contributed by atoms with Gasteiger partial charge in [0.25, 0.3) is 0 Å². The molecule has 92 valence electrons. The van der Waals surface area contributed by atoms with Gasteiger partial charge in [-0.1, -0.05) is 0 Å². The fraction of sp³-hybridized carbons (Fsp3) is 0.545. The Hall–Kier alpha value is -1.85. The number of aryl methyl sites for hydroxylation is 1. The zero-order chi connectivity index (χ0) is 12.3. The van der Waals surface area contributed by atoms with E-state index in [1.54, 1.807) is 6.07 Å². The van der Waals surface area contributed by atoms with Crippen LogP contribution in [0, 0.1) is 6.92 Å². The summed E-state index contributed by atoms with van der Waals surface area (Å²) >= 11 is 0. The van der Waals surface area contributed by atoms with Crippen LogP contribution in [0.5, 0.6) is 0 Å². The van der Waals surface area contributed by atoms with Gasteiger partial charge in [-0.05, 0) is 19.8 Å². The Bertz CT molecular complexity index is 396. The van der Waals surface area contributed by atoms with Gasteiger partial charge in [-0.2, -0.15) is 4.98 Å². The Balaban J connectivity index is 1.74. The maximum absolute atomic E-state index is 11.4. The van der Waals surface area contributed by atoms with E-state index in [9.17, 15) is 4.79 Å². The van der Waals surface area contributed by atoms with Crippen molar-refractivity contribution in [2.45, 2.75) is 32.2 Å². The molecule has 0 radical (unpaired) electrons. The molecule has 0 aliphatic heterocycles. The number of anilines is 2. The molecule has 1 heterocycles. The van der Waals surface area contributed by atoms with Crippen LogP contribution in [0.2, 0.25) is 0 Å². The monoisotopic (exact) mass is 235 g/mol. The van der Waals surface area contributed by atoms with E-state index in [1.165, 1.54) is 0 Å². The van der Waals surface area contributed by atoms with Crippen LogP contribution in [0.15, 0.2) is 6.07 Å². The Kier molecular flexibility index (Phi) is 3.41. The highest BCUT2D eigenvalue weighted by molar-refractivity contribution is 5.77. The van der Waals surface area contributed by atoms with Gasteiger partial charge in [0.2, 0.25) is 11.9 Å². The number of aromatic nitrogens is 2. The molecule has 0 atom stereocenters. The quantitative estimate of drug-likeness (QED) is 0.689. The molecule has 1 aromatic rings. The maximum atomic E-state index is 11.4. The molecule has 1 amide bonds. The standard InChI is InChI=1S/C11H17N5O/c1-7-6-9(16-11(12)14-7)13-5-4-10(17)15-8-2-3-8/h6,8H,2-5H2,1H3,(H,15,17)(H3,12,13,14,16). The molecule has 0 spiro atoms. The summed E-state index contributed by atoms with van der Waals surface area (Å²) in [4.78, 5) is 19.4. The lowest BCUT2D eigenvalue weighted by Gasteiger charge is -2.07. The van der Waals surface area contributed by atoms with Crippen molar-refractivity contribution >= 4 is 17.7 Å². The van der Waals surface area contributed by atoms with Crippen molar-refractivity contribution in [3.63, 3.8) is 0 Å². The van der Waals surface area contributed by atoms with Crippen molar-refractivity contribution in [3.8, 4) is 0 Å². The van der Waals surface area contributed by atoms with Gasteiger partial charge in [0.15, 0.2) is 0 Å². The Morgan fingerprint density at radius 3 is 2.94 bits per heavy atom. The Labute approximate surface area is 100 Å². The van der Waals surface area contributed by atoms with Gasteiger partial charge in [-0.3, -0.25) is 4.79 Å². The highest BCUT2D eigenvalue weighted by Gasteiger charge is 2.22. The first kappa shape index (κ1) is 11.6. The van der Waals surface area contributed by atoms with E-state index in [-0.39, 0.29) is 11.9 Å². The number of amides is 1. The third kappa shape index (κ3) is 3.90. The molecule has 4 N–H and O–H groups in total. The molecule has 0 saturated heterocycles. The van der Waals surface area contributed by atoms with Gasteiger partial charge in [0.05, 0.1) is 0 Å². The second-order valence-corrected chi connectivity index (χ2v) is 4.27. The summed E-state index contributed by atoms with van der Waals surface area (Å²) in [7, 11) is 0. The van der Waals surface area contributed by atoms with Gasteiger partial charge in [0, 0.05) is 30.8 Å². The molecule has 0 aromatic carbocycles. The van der Waals surface area contributed by atoms with Crippen LogP contribution in [0.1, 0.15) is 25.0 Å². The molecule has 1 aromatic heterocycles. The summed E-state index contributed by atoms with van der Waals surface area (Å²) in [6.07, 6.45) is 2.67. The zero-order valence-corrected chi connectivity index (χ0v) is 9.86. The van der Waals surface area contributed by atoms with Gasteiger partial charge < -0.3 is 16.4 Å². The molecule has 6 heteroatoms. The summed E-state index contributed by atoms with van der Waals surface area (Å²) in [6, 6.07) is 2.22. The zero-order valence-electron chi connectivity index (χ0n) is 9.86. The van der Waals surface area contributed by atoms with E-state index in [0.29, 0.717) is 24.8 Å². The smallest absolute Gasteiger partial charge is 0.222 e. The van der Waals surface area contributed by atoms with Crippen molar-refractivity contribution in [2.75, 3.05) is 17.6 Å². The molecule has 1 fully saturated rings. The van der Waals surface area contributed by atoms with Crippen molar-refractivity contribution in [3.05, 3.63) is 11.8 Å². The predicted molar refractivity (Wildman–Crippen MR) is 65.5 cm³/mol. The summed E-state index contributed by atoms with van der Waals surface area (Å²) in [6.45, 7) is 2.40. The van der Waals surface area contributed by atoms with Crippen LogP contribution in [0.25, 0.3) is 0 Å². The average Bonchev–Trinajstić information content (AvgIpc) is 3.00. The third-order valence-electron chi connectivity index (χ3n) is 2.47. The van der Waals surface area contributed by atoms with Crippen LogP contribution in [0.4, 0.5) is 11.8 Å². The van der Waals surface area contributed by atoms with Crippen LogP contribution in [-0.4, -0.2) is 28.5 Å². The van der Waals surface area contributed by atoms with E-state index in [1.807, 2.05) is 6.92 Å². The fourth-order valence-corrected chi connectivity index (χ4v) is 1.51. The summed E-state index contributed by atoms with van der Waals surface area (Å²) < 4.78 is 0. The Morgan fingerprint density at radius 1 is 1.53 bits per heavy atom. The van der Waals surface area contributed by atoms with Crippen molar-refractivity contribution < 1.29 is 4.79 Å². The van der Waals surface area contributed by atoms with Crippen LogP contribution in [-0.2, 0) is 4.79 Å². The molecular weight excluding hydrogens is 218 g/mol. The number of nitrogens with one attached hydrogen (secondary N) is 2. The topological polar surface area (TPSA) is 92.9 Å². The number of hydrogen-bond donors (Lipinski definition) is 3. The first-order valence-electron chi connectivity index (χ1n) is 5.78. The molecule has 2 rings (SSSR count). The van der Waals surface area contributed by atoms with Gasteiger partial charge in [-0.25, -0.2) is 4.98 Å². The van der Waals surface area contributed by atoms with E-state index in [0.717, 1.165) is 18.5 Å². The van der Waals surface area contributed by atoms with Crippen molar-refractivity contribution in [1.29, 1.82) is 0 Å². The van der Waals surface area contributed by atoms with Crippen LogP contribution in [0.3, 0.4) is 0 Å². The number of carbonyl (C=O) groups excluding carboxylic acids is 1. The average molecular weight is 235 g/mol. The lowest BCUT2D eigenvalue weighted by Crippen LogP contribution is -2.27. The highest BCUT2D eigenvalue weighted by Crippen LogP contribution is 2.18. The number of carbonyl (C=O) groups is 1. The summed E-state index contributed by atoms with van der Waals surface area (Å²) in [5.74, 6) is 0.989. The first-order chi connectivity index (χ1) is 8.13. The van der Waals surface area contributed by atoms with Crippen LogP contribution < -0.4 is 16.4 Å². The van der Waals surface area contributed by atoms with E-state index in [4.69, 9.17) is 5.73 Å². The van der Waals surface area contributed by atoms with Crippen molar-refractivity contribution in [2.24, 2.45) is 0 Å². The second-order valence-electron chi connectivity index (χ2n) is 4.27. The van der Waals surface area contributed by atoms with E-state index >= 15 is 0 Å². The molecule has 1 saturated carbocycles. The van der Waals surface area contributed by atoms with Crippen molar-refractivity contribution in [1.82, 2.24) is 15.3 Å². The van der Waals surface area contributed by atoms with Crippen LogP contribution >= 0.6 is 0 Å². The van der Waals surface area contributed by atoms with Gasteiger partial charge in [0.1, 0.15) is 5.82 Å². The fourth-order valence-electron chi connectivity index (χ4n) is 1.51. The minimum atomic E-state index is 0.0822. The van der Waals surface area contributed by atoms with Gasteiger partial charge in [-0.15, -0.1) is 0 Å². The largest absolute Gasteiger partial charge is 0.369 e. The molecule has 0 unspecified atom stereocenters. The summed E-state index contributed by atoms with van der Waals surface area (Å²) in [5.41, 5.74) is 6.33. The Morgan fingerprint density at radius 2 is 2.29 bits per heavy atom. The number of rotatable bonds is 5. The lowest BCUT2D eigenvalue weighted by atomic mass is 10.3. The molecule has 0 bridgehead atoms. The number of hydrogen-bond acceptors (Lipinski definition) is 5. The first-order valence-corrected chi connectivity index (χ1v) is 5.78. The van der Waals surface area contributed by atoms with E-state index in [2.05, 4.69) is 20.6 Å². The number of nitrogens with two attached hydrogens (primary N) is 1. The normalized spacial score (nSPS) is 14.4. The number of nitrogens with zero attached hydrogens (tertiary/aromatic N) is 2. The molecule has 17 heavy (non-hydrogen) atoms. The lowest BCUT2D eigenvalue weighted by molar-refractivity contribution is -0.120. The molecule has 6 nitrogen and oxygen atoms in total. The maximum Gasteiger partial charge on any atom is 0.222 e. The van der Waals surface area contributed by atoms with Gasteiger partial charge >= 0.3 is 0 Å². The SMILES string of the molecule is Cc1cc(NCCC(=O)NC2CC2)nc(N)n1.